The normalized spacial score (nSPS) is 18.6. The molecule has 3 atom stereocenters. The number of hydrogen-bond acceptors (Lipinski definition) is 16. The number of phosphoric ester groups is 3. The predicted molar refractivity (Wildman–Crippen MR) is 271 cm³/mol. The van der Waals surface area contributed by atoms with Gasteiger partial charge in [0.15, 0.2) is 0 Å². The maximum atomic E-state index is 13.0. The van der Waals surface area contributed by atoms with E-state index in [1.807, 2.05) is 42.5 Å². The summed E-state index contributed by atoms with van der Waals surface area (Å²) >= 11 is 0. The van der Waals surface area contributed by atoms with E-state index in [9.17, 15) is 47.7 Å². The molecule has 3 unspecified atom stereocenters. The van der Waals surface area contributed by atoms with Crippen LogP contribution in [-0.4, -0.2) is 147 Å². The van der Waals surface area contributed by atoms with Crippen LogP contribution in [0.4, 0.5) is 0 Å². The van der Waals surface area contributed by atoms with Crippen LogP contribution in [0.25, 0.3) is 43.1 Å². The first kappa shape index (κ1) is 57.8. The van der Waals surface area contributed by atoms with Crippen LogP contribution in [0.3, 0.4) is 0 Å². The summed E-state index contributed by atoms with van der Waals surface area (Å²) in [6, 6.07) is 22.1. The molecule has 21 nitrogen and oxygen atoms in total. The third-order valence-electron chi connectivity index (χ3n) is 12.7. The Hall–Kier alpha value is -3.92. The highest BCUT2D eigenvalue weighted by atomic mass is 31.2. The number of ether oxygens (including phenoxy) is 5. The Labute approximate surface area is 428 Å². The lowest BCUT2D eigenvalue weighted by molar-refractivity contribution is -0.138. The third-order valence-corrected chi connectivity index (χ3v) is 15.3. The number of amides is 2. The lowest BCUT2D eigenvalue weighted by Gasteiger charge is -2.30. The molecule has 1 aliphatic carbocycles. The van der Waals surface area contributed by atoms with Gasteiger partial charge >= 0.3 is 23.5 Å². The summed E-state index contributed by atoms with van der Waals surface area (Å²) in [5.41, 5.74) is 0.717. The van der Waals surface area contributed by atoms with Crippen LogP contribution < -0.4 is 0 Å². The highest BCUT2D eigenvalue weighted by molar-refractivity contribution is 7.47. The van der Waals surface area contributed by atoms with Gasteiger partial charge in [-0.15, -0.1) is 0 Å². The predicted octanol–water partition coefficient (Wildman–Crippen LogP) is 7.19. The van der Waals surface area contributed by atoms with E-state index in [0.29, 0.717) is 38.2 Å². The minimum absolute atomic E-state index is 0.0238. The Bertz CT molecular complexity index is 2760. The van der Waals surface area contributed by atoms with E-state index in [0.717, 1.165) is 55.9 Å². The van der Waals surface area contributed by atoms with Crippen molar-refractivity contribution in [1.29, 1.82) is 0 Å². The Morgan fingerprint density at radius 2 is 1.03 bits per heavy atom. The van der Waals surface area contributed by atoms with Crippen LogP contribution in [0.2, 0.25) is 0 Å². The second-order valence-electron chi connectivity index (χ2n) is 17.8. The van der Waals surface area contributed by atoms with Crippen molar-refractivity contribution in [2.24, 2.45) is 11.8 Å². The number of rotatable bonds is 35. The molecular formula is C50H64NO20P3. The number of Topliss-reactive ketones (excluding diaryl/α,β-unsaturated/α-hetero) is 1. The van der Waals surface area contributed by atoms with E-state index in [2.05, 4.69) is 24.3 Å². The van der Waals surface area contributed by atoms with Crippen molar-refractivity contribution >= 4 is 84.2 Å². The van der Waals surface area contributed by atoms with E-state index < -0.39 is 36.2 Å². The van der Waals surface area contributed by atoms with E-state index in [4.69, 9.17) is 46.3 Å². The van der Waals surface area contributed by atoms with Gasteiger partial charge in [0.1, 0.15) is 5.78 Å². The molecule has 1 saturated carbocycles. The third kappa shape index (κ3) is 17.3. The number of phosphoric acid groups is 3. The molecular weight excluding hydrogens is 1030 g/mol. The molecule has 1 fully saturated rings. The summed E-state index contributed by atoms with van der Waals surface area (Å²) < 4.78 is 89.3. The summed E-state index contributed by atoms with van der Waals surface area (Å²) in [4.78, 5) is 76.9. The molecule has 2 amide bonds. The molecule has 0 spiro atoms. The van der Waals surface area contributed by atoms with Gasteiger partial charge in [-0.05, 0) is 86.7 Å². The van der Waals surface area contributed by atoms with Gasteiger partial charge in [-0.3, -0.25) is 41.9 Å². The maximum Gasteiger partial charge on any atom is 0.472 e. The van der Waals surface area contributed by atoms with Crippen molar-refractivity contribution in [2.75, 3.05) is 99.0 Å². The van der Waals surface area contributed by atoms with E-state index in [-0.39, 0.29) is 121 Å². The van der Waals surface area contributed by atoms with Crippen LogP contribution in [-0.2, 0) is 80.8 Å². The molecule has 1 aliphatic heterocycles. The number of ketones is 1. The summed E-state index contributed by atoms with van der Waals surface area (Å²) in [5.74, 6) is -0.481. The number of carbonyl (C=O) groups is 3. The van der Waals surface area contributed by atoms with Gasteiger partial charge < -0.3 is 43.3 Å². The van der Waals surface area contributed by atoms with Crippen molar-refractivity contribution in [3.05, 3.63) is 84.4 Å². The van der Waals surface area contributed by atoms with Gasteiger partial charge in [0, 0.05) is 37.5 Å². The Morgan fingerprint density at radius 1 is 0.554 bits per heavy atom. The first-order valence-electron chi connectivity index (χ1n) is 24.6. The Balaban J connectivity index is 0.674. The molecule has 5 aromatic carbocycles. The highest BCUT2D eigenvalue weighted by Crippen LogP contribution is 2.47. The van der Waals surface area contributed by atoms with Gasteiger partial charge in [-0.25, -0.2) is 13.7 Å². The van der Waals surface area contributed by atoms with Crippen LogP contribution in [0.5, 0.6) is 0 Å². The molecule has 24 heteroatoms. The van der Waals surface area contributed by atoms with Crippen molar-refractivity contribution < 1.29 is 94.0 Å². The molecule has 0 saturated heterocycles. The molecule has 2 aliphatic rings. The minimum atomic E-state index is -4.95. The van der Waals surface area contributed by atoms with Gasteiger partial charge in [-0.2, -0.15) is 0 Å². The lowest BCUT2D eigenvalue weighted by atomic mass is 9.79. The zero-order chi connectivity index (χ0) is 52.6. The number of hydrogen-bond donors (Lipinski definition) is 4. The molecule has 4 N–H and O–H groups in total. The zero-order valence-electron chi connectivity index (χ0n) is 40.9. The number of nitrogens with zero attached hydrogens (tertiary/aromatic N) is 1. The van der Waals surface area contributed by atoms with Crippen LogP contribution in [0.15, 0.2) is 78.9 Å². The fourth-order valence-electron chi connectivity index (χ4n) is 9.26. The topological polar surface area (TPSA) is 279 Å². The van der Waals surface area contributed by atoms with E-state index >= 15 is 0 Å². The van der Waals surface area contributed by atoms with Crippen LogP contribution >= 0.6 is 23.5 Å². The minimum Gasteiger partial charge on any atom is -0.377 e. The quantitative estimate of drug-likeness (QED) is 0.0103. The van der Waals surface area contributed by atoms with E-state index in [1.165, 1.54) is 17.1 Å². The summed E-state index contributed by atoms with van der Waals surface area (Å²) in [7, 11) is -14.0. The summed E-state index contributed by atoms with van der Waals surface area (Å²) in [6.07, 6.45) is 4.55. The highest BCUT2D eigenvalue weighted by Gasteiger charge is 2.32. The first-order valence-corrected chi connectivity index (χ1v) is 29.1. The summed E-state index contributed by atoms with van der Waals surface area (Å²) in [6.45, 7) is 0.990. The van der Waals surface area contributed by atoms with Crippen molar-refractivity contribution in [3.8, 4) is 0 Å². The fourth-order valence-corrected chi connectivity index (χ4v) is 11.2. The SMILES string of the molecule is O=C(CCCOP(=O)(O)OCCOCCOCCOCCOCCOCCOP(=O)(O)OC(COP(=O)(O)O)Cc1ccc2c3cccc4cccc(c5cccc1c52)c43)C1CCC(CN2C(=O)C=CC2=O)CC1. The van der Waals surface area contributed by atoms with Crippen LogP contribution in [0.1, 0.15) is 44.1 Å². The maximum absolute atomic E-state index is 13.0. The van der Waals surface area contributed by atoms with Gasteiger partial charge in [-0.1, -0.05) is 66.7 Å². The zero-order valence-corrected chi connectivity index (χ0v) is 43.6. The fraction of sp³-hybridized carbons (Fsp3) is 0.500. The van der Waals surface area contributed by atoms with Crippen molar-refractivity contribution in [3.63, 3.8) is 0 Å². The number of imide groups is 1. The molecule has 0 aromatic heterocycles. The van der Waals surface area contributed by atoms with Gasteiger partial charge in [0.05, 0.1) is 98.6 Å². The molecule has 74 heavy (non-hydrogen) atoms. The average Bonchev–Trinajstić information content (AvgIpc) is 3.69. The molecule has 1 heterocycles. The monoisotopic (exact) mass is 1090 g/mol. The number of fused-ring (bicyclic) bond motifs is 2. The Kier molecular flexibility index (Phi) is 21.8. The van der Waals surface area contributed by atoms with Crippen LogP contribution in [0, 0.1) is 11.8 Å². The molecule has 0 bridgehead atoms. The van der Waals surface area contributed by atoms with Crippen molar-refractivity contribution in [1.82, 2.24) is 4.90 Å². The molecule has 0 radical (unpaired) electrons. The second-order valence-corrected chi connectivity index (χ2v) is 21.9. The van der Waals surface area contributed by atoms with Gasteiger partial charge in [0.2, 0.25) is 0 Å². The van der Waals surface area contributed by atoms with Crippen molar-refractivity contribution in [2.45, 2.75) is 51.0 Å². The molecule has 404 valence electrons. The number of carbonyl (C=O) groups excluding carboxylic acids is 3. The standard InChI is InChI=1S/C50H64NO20P3/c52-46(37-14-12-36(13-15-37)34-51-47(53)18-19-48(51)54)11-4-20-67-73(58,59)68-31-29-65-27-25-63-23-21-62-22-24-64-26-28-66-30-32-69-74(60,61)71-40(35-70-72(55,56)57)33-39-16-17-45-43-9-2-6-38-5-1-8-42(49(38)43)44-10-3-7-41(39)50(44)45/h1-3,5-10,16-19,36-37,40H,4,11-15,20-35H2,(H,58,59)(H,60,61)(H2,55,56,57). The lowest BCUT2D eigenvalue weighted by Crippen LogP contribution is -2.36. The molecule has 7 rings (SSSR count). The largest absolute Gasteiger partial charge is 0.472 e. The first-order chi connectivity index (χ1) is 35.6. The van der Waals surface area contributed by atoms with Gasteiger partial charge in [0.25, 0.3) is 11.8 Å². The number of benzene rings is 5. The molecule has 5 aromatic rings. The Morgan fingerprint density at radius 3 is 1.58 bits per heavy atom. The summed E-state index contributed by atoms with van der Waals surface area (Å²) in [5, 5.41) is 8.34. The average molecular weight is 1090 g/mol. The smallest absolute Gasteiger partial charge is 0.377 e. The second kappa shape index (κ2) is 27.9. The van der Waals surface area contributed by atoms with E-state index in [1.54, 1.807) is 0 Å².